The standard InChI is InChI=1S/C11H19NS/c1-2-3-4-5-7-12-9-11-6-8-13-10-11/h6,8,10,12H,2-5,7,9H2,1H3. The second kappa shape index (κ2) is 7.10. The van der Waals surface area contributed by atoms with Gasteiger partial charge in [-0.2, -0.15) is 11.3 Å². The van der Waals surface area contributed by atoms with E-state index >= 15 is 0 Å². The van der Waals surface area contributed by atoms with Gasteiger partial charge >= 0.3 is 0 Å². The quantitative estimate of drug-likeness (QED) is 0.660. The van der Waals surface area contributed by atoms with Crippen LogP contribution in [0.5, 0.6) is 0 Å². The molecule has 1 heterocycles. The number of hydrogen-bond donors (Lipinski definition) is 1. The molecule has 0 aromatic carbocycles. The molecular formula is C11H19NS. The Morgan fingerprint density at radius 3 is 2.92 bits per heavy atom. The highest BCUT2D eigenvalue weighted by Crippen LogP contribution is 2.05. The highest BCUT2D eigenvalue weighted by Gasteiger charge is 1.91. The molecule has 0 saturated carbocycles. The van der Waals surface area contributed by atoms with Crippen LogP contribution in [0, 0.1) is 0 Å². The van der Waals surface area contributed by atoms with Gasteiger partial charge < -0.3 is 5.32 Å². The predicted molar refractivity (Wildman–Crippen MR) is 60.2 cm³/mol. The van der Waals surface area contributed by atoms with E-state index in [-0.39, 0.29) is 0 Å². The normalized spacial score (nSPS) is 10.5. The molecule has 0 fully saturated rings. The van der Waals surface area contributed by atoms with Crippen molar-refractivity contribution in [3.63, 3.8) is 0 Å². The first-order valence-electron chi connectivity index (χ1n) is 5.15. The average Bonchev–Trinajstić information content (AvgIpc) is 2.63. The molecule has 1 aromatic rings. The lowest BCUT2D eigenvalue weighted by atomic mass is 10.2. The molecule has 0 amide bonds. The van der Waals surface area contributed by atoms with Crippen molar-refractivity contribution in [2.24, 2.45) is 0 Å². The molecule has 1 aromatic heterocycles. The van der Waals surface area contributed by atoms with Crippen molar-refractivity contribution >= 4 is 11.3 Å². The Balaban J connectivity index is 1.90. The second-order valence-corrected chi connectivity index (χ2v) is 4.15. The van der Waals surface area contributed by atoms with E-state index in [1.54, 1.807) is 11.3 Å². The fourth-order valence-electron chi connectivity index (χ4n) is 1.30. The van der Waals surface area contributed by atoms with Gasteiger partial charge in [0.15, 0.2) is 0 Å². The lowest BCUT2D eigenvalue weighted by Gasteiger charge is -2.02. The predicted octanol–water partition coefficient (Wildman–Crippen LogP) is 3.42. The zero-order chi connectivity index (χ0) is 9.36. The van der Waals surface area contributed by atoms with Crippen LogP contribution in [0.25, 0.3) is 0 Å². The van der Waals surface area contributed by atoms with Crippen molar-refractivity contribution in [2.75, 3.05) is 6.54 Å². The zero-order valence-corrected chi connectivity index (χ0v) is 9.20. The van der Waals surface area contributed by atoms with Crippen molar-refractivity contribution in [2.45, 2.75) is 39.2 Å². The Hall–Kier alpha value is -0.340. The topological polar surface area (TPSA) is 12.0 Å². The van der Waals surface area contributed by atoms with Gasteiger partial charge in [-0.1, -0.05) is 26.2 Å². The number of nitrogens with one attached hydrogen (secondary N) is 1. The summed E-state index contributed by atoms with van der Waals surface area (Å²) in [4.78, 5) is 0. The average molecular weight is 197 g/mol. The van der Waals surface area contributed by atoms with E-state index < -0.39 is 0 Å². The molecule has 0 saturated heterocycles. The maximum atomic E-state index is 3.45. The molecule has 0 aliphatic heterocycles. The third kappa shape index (κ3) is 5.06. The van der Waals surface area contributed by atoms with E-state index in [0.717, 1.165) is 13.1 Å². The summed E-state index contributed by atoms with van der Waals surface area (Å²) >= 11 is 1.77. The first-order chi connectivity index (χ1) is 6.43. The third-order valence-electron chi connectivity index (χ3n) is 2.12. The van der Waals surface area contributed by atoms with Crippen LogP contribution in [0.4, 0.5) is 0 Å². The van der Waals surface area contributed by atoms with Gasteiger partial charge in [0.1, 0.15) is 0 Å². The van der Waals surface area contributed by atoms with E-state index in [4.69, 9.17) is 0 Å². The van der Waals surface area contributed by atoms with Gasteiger partial charge in [-0.05, 0) is 35.4 Å². The molecule has 13 heavy (non-hydrogen) atoms. The number of thiophene rings is 1. The fourth-order valence-corrected chi connectivity index (χ4v) is 1.97. The van der Waals surface area contributed by atoms with Crippen molar-refractivity contribution in [1.82, 2.24) is 5.32 Å². The lowest BCUT2D eigenvalue weighted by Crippen LogP contribution is -2.13. The minimum atomic E-state index is 1.04. The van der Waals surface area contributed by atoms with Gasteiger partial charge in [0, 0.05) is 6.54 Å². The molecule has 1 nitrogen and oxygen atoms in total. The third-order valence-corrected chi connectivity index (χ3v) is 2.85. The summed E-state index contributed by atoms with van der Waals surface area (Å²) in [5, 5.41) is 7.79. The van der Waals surface area contributed by atoms with Gasteiger partial charge in [-0.25, -0.2) is 0 Å². The Morgan fingerprint density at radius 2 is 2.23 bits per heavy atom. The van der Waals surface area contributed by atoms with Crippen LogP contribution in [0.1, 0.15) is 38.2 Å². The molecule has 0 atom stereocenters. The van der Waals surface area contributed by atoms with E-state index in [1.807, 2.05) is 0 Å². The molecule has 0 spiro atoms. The summed E-state index contributed by atoms with van der Waals surface area (Å²) in [5.74, 6) is 0. The SMILES string of the molecule is CCCCCCNCc1ccsc1. The second-order valence-electron chi connectivity index (χ2n) is 3.37. The summed E-state index contributed by atoms with van der Waals surface area (Å²) in [6.07, 6.45) is 5.38. The maximum Gasteiger partial charge on any atom is 0.0213 e. The summed E-state index contributed by atoms with van der Waals surface area (Å²) < 4.78 is 0. The number of hydrogen-bond acceptors (Lipinski definition) is 2. The van der Waals surface area contributed by atoms with Crippen LogP contribution in [-0.4, -0.2) is 6.54 Å². The Bertz CT molecular complexity index is 194. The molecule has 2 heteroatoms. The molecule has 1 N–H and O–H groups in total. The molecule has 0 bridgehead atoms. The summed E-state index contributed by atoms with van der Waals surface area (Å²) in [7, 11) is 0. The molecule has 0 aliphatic rings. The van der Waals surface area contributed by atoms with E-state index in [0.29, 0.717) is 0 Å². The number of unbranched alkanes of at least 4 members (excludes halogenated alkanes) is 3. The summed E-state index contributed by atoms with van der Waals surface area (Å²) in [5.41, 5.74) is 1.42. The largest absolute Gasteiger partial charge is 0.313 e. The van der Waals surface area contributed by atoms with Crippen LogP contribution >= 0.6 is 11.3 Å². The van der Waals surface area contributed by atoms with Crippen LogP contribution < -0.4 is 5.32 Å². The monoisotopic (exact) mass is 197 g/mol. The molecule has 1 rings (SSSR count). The number of rotatable bonds is 7. The highest BCUT2D eigenvalue weighted by molar-refractivity contribution is 7.07. The van der Waals surface area contributed by atoms with Gasteiger partial charge in [-0.15, -0.1) is 0 Å². The molecule has 74 valence electrons. The van der Waals surface area contributed by atoms with E-state index in [9.17, 15) is 0 Å². The van der Waals surface area contributed by atoms with Crippen LogP contribution in [0.3, 0.4) is 0 Å². The minimum absolute atomic E-state index is 1.04. The van der Waals surface area contributed by atoms with Gasteiger partial charge in [0.2, 0.25) is 0 Å². The van der Waals surface area contributed by atoms with E-state index in [1.165, 1.54) is 31.2 Å². The van der Waals surface area contributed by atoms with Crippen LogP contribution in [0.15, 0.2) is 16.8 Å². The van der Waals surface area contributed by atoms with Crippen molar-refractivity contribution in [3.8, 4) is 0 Å². The summed E-state index contributed by atoms with van der Waals surface area (Å²) in [6.45, 7) is 4.45. The van der Waals surface area contributed by atoms with Crippen molar-refractivity contribution < 1.29 is 0 Å². The zero-order valence-electron chi connectivity index (χ0n) is 8.38. The van der Waals surface area contributed by atoms with Gasteiger partial charge in [-0.3, -0.25) is 0 Å². The van der Waals surface area contributed by atoms with Gasteiger partial charge in [0.25, 0.3) is 0 Å². The van der Waals surface area contributed by atoms with Crippen molar-refractivity contribution in [3.05, 3.63) is 22.4 Å². The Morgan fingerprint density at radius 1 is 1.31 bits per heavy atom. The van der Waals surface area contributed by atoms with Gasteiger partial charge in [0.05, 0.1) is 0 Å². The van der Waals surface area contributed by atoms with Crippen LogP contribution in [0.2, 0.25) is 0 Å². The lowest BCUT2D eigenvalue weighted by molar-refractivity contribution is 0.598. The molecule has 0 unspecified atom stereocenters. The highest BCUT2D eigenvalue weighted by atomic mass is 32.1. The Kier molecular flexibility index (Phi) is 5.87. The minimum Gasteiger partial charge on any atom is -0.313 e. The maximum absolute atomic E-state index is 3.45. The molecule has 0 aliphatic carbocycles. The van der Waals surface area contributed by atoms with Crippen LogP contribution in [-0.2, 0) is 6.54 Å². The van der Waals surface area contributed by atoms with Crippen molar-refractivity contribution in [1.29, 1.82) is 0 Å². The first-order valence-corrected chi connectivity index (χ1v) is 6.09. The fraction of sp³-hybridized carbons (Fsp3) is 0.636. The molecule has 0 radical (unpaired) electrons. The molecular weight excluding hydrogens is 178 g/mol. The first kappa shape index (κ1) is 10.7. The Labute approximate surface area is 85.2 Å². The smallest absolute Gasteiger partial charge is 0.0213 e. The summed E-state index contributed by atoms with van der Waals surface area (Å²) in [6, 6.07) is 2.18. The van der Waals surface area contributed by atoms with E-state index in [2.05, 4.69) is 29.1 Å².